The lowest BCUT2D eigenvalue weighted by Gasteiger charge is -2.27. The number of carbonyl (C=O) groups excluding carboxylic acids is 6. The molecule has 0 aliphatic rings. The maximum Gasteiger partial charge on any atom is 0.408 e. The van der Waals surface area contributed by atoms with Crippen molar-refractivity contribution in [3.8, 4) is 11.1 Å². The number of alkyl halides is 2. The second-order valence-electron chi connectivity index (χ2n) is 14.5. The highest BCUT2D eigenvalue weighted by Crippen LogP contribution is 2.22. The number of nitrogens with one attached hydrogen (secondary N) is 2. The third-order valence-electron chi connectivity index (χ3n) is 6.60. The fourth-order valence-corrected chi connectivity index (χ4v) is 4.18. The molecule has 274 valence electrons. The second kappa shape index (κ2) is 16.2. The smallest absolute Gasteiger partial charge is 0.408 e. The van der Waals surface area contributed by atoms with Crippen LogP contribution in [0.25, 0.3) is 11.1 Å². The molecule has 0 fully saturated rings. The second-order valence-corrected chi connectivity index (χ2v) is 14.5. The number of hydrogen-bond donors (Lipinski definition) is 2. The van der Waals surface area contributed by atoms with Crippen LogP contribution in [0.3, 0.4) is 0 Å². The third kappa shape index (κ3) is 13.6. The number of ether oxygens (including phenoxy) is 4. The number of esters is 2. The number of Topliss-reactive ketones (excluding diaryl/α,β-unsaturated/α-hetero) is 2. The Hall–Kier alpha value is -4.88. The van der Waals surface area contributed by atoms with E-state index in [0.29, 0.717) is 11.1 Å². The molecule has 0 saturated heterocycles. The van der Waals surface area contributed by atoms with Crippen LogP contribution in [0.2, 0.25) is 0 Å². The van der Waals surface area contributed by atoms with Gasteiger partial charge in [0, 0.05) is 11.1 Å². The molecule has 0 aromatic heterocycles. The molecule has 14 heteroatoms. The van der Waals surface area contributed by atoms with Crippen molar-refractivity contribution in [1.29, 1.82) is 0 Å². The van der Waals surface area contributed by atoms with E-state index in [1.165, 1.54) is 24.3 Å². The lowest BCUT2D eigenvalue weighted by molar-refractivity contribution is -0.149. The monoisotopic (exact) mass is 704 g/mol. The van der Waals surface area contributed by atoms with Gasteiger partial charge in [-0.25, -0.2) is 28.0 Å². The molecule has 2 atom stereocenters. The zero-order valence-electron chi connectivity index (χ0n) is 30.0. The molecule has 0 saturated carbocycles. The van der Waals surface area contributed by atoms with Crippen LogP contribution in [0.1, 0.15) is 90.0 Å². The molecule has 2 N–H and O–H groups in total. The Morgan fingerprint density at radius 1 is 0.540 bits per heavy atom. The average Bonchev–Trinajstić information content (AvgIpc) is 2.97. The van der Waals surface area contributed by atoms with Crippen LogP contribution in [-0.2, 0) is 28.5 Å². The minimum atomic E-state index is -2.22. The molecule has 0 aliphatic carbocycles. The lowest BCUT2D eigenvalue weighted by Crippen LogP contribution is -2.53. The average molecular weight is 705 g/mol. The van der Waals surface area contributed by atoms with Gasteiger partial charge in [-0.15, -0.1) is 0 Å². The van der Waals surface area contributed by atoms with Crippen molar-refractivity contribution >= 4 is 35.7 Å². The topological polar surface area (TPSA) is 163 Å². The summed E-state index contributed by atoms with van der Waals surface area (Å²) < 4.78 is 49.6. The van der Waals surface area contributed by atoms with Crippen molar-refractivity contribution in [3.05, 3.63) is 59.7 Å². The molecular formula is C36H46F2N2O10. The summed E-state index contributed by atoms with van der Waals surface area (Å²) in [5.74, 6) is -3.46. The van der Waals surface area contributed by atoms with E-state index in [1.807, 2.05) is 0 Å². The zero-order valence-corrected chi connectivity index (χ0v) is 30.0. The van der Waals surface area contributed by atoms with E-state index in [-0.39, 0.29) is 11.1 Å². The van der Waals surface area contributed by atoms with Crippen molar-refractivity contribution in [2.75, 3.05) is 13.2 Å². The third-order valence-corrected chi connectivity index (χ3v) is 6.60. The number of rotatable bonds is 13. The highest BCUT2D eigenvalue weighted by Gasteiger charge is 2.40. The lowest BCUT2D eigenvalue weighted by atomic mass is 10.00. The van der Waals surface area contributed by atoms with Crippen LogP contribution in [0.15, 0.2) is 48.5 Å². The number of benzene rings is 2. The van der Waals surface area contributed by atoms with Gasteiger partial charge in [0.2, 0.25) is 0 Å². The highest BCUT2D eigenvalue weighted by molar-refractivity contribution is 6.00. The van der Waals surface area contributed by atoms with Crippen molar-refractivity contribution in [1.82, 2.24) is 10.6 Å². The first-order valence-corrected chi connectivity index (χ1v) is 15.7. The Morgan fingerprint density at radius 2 is 0.820 bits per heavy atom. The Balaban J connectivity index is 2.00. The van der Waals surface area contributed by atoms with Gasteiger partial charge in [-0.2, -0.15) is 0 Å². The summed E-state index contributed by atoms with van der Waals surface area (Å²) in [6, 6.07) is 9.03. The van der Waals surface area contributed by atoms with Gasteiger partial charge in [0.15, 0.2) is 36.9 Å². The van der Waals surface area contributed by atoms with Crippen LogP contribution in [0.4, 0.5) is 18.4 Å². The molecule has 12 nitrogen and oxygen atoms in total. The maximum absolute atomic E-state index is 14.7. The van der Waals surface area contributed by atoms with Gasteiger partial charge in [0.25, 0.3) is 0 Å². The Labute approximate surface area is 290 Å². The van der Waals surface area contributed by atoms with Gasteiger partial charge in [-0.05, 0) is 80.4 Å². The normalized spacial score (nSPS) is 13.3. The van der Waals surface area contributed by atoms with E-state index >= 15 is 0 Å². The number of alkyl carbamates (subject to hydrolysis) is 2. The first-order valence-electron chi connectivity index (χ1n) is 15.7. The fourth-order valence-electron chi connectivity index (χ4n) is 4.18. The van der Waals surface area contributed by atoms with Crippen LogP contribution in [-0.4, -0.2) is 83.5 Å². The van der Waals surface area contributed by atoms with Gasteiger partial charge >= 0.3 is 24.1 Å². The van der Waals surface area contributed by atoms with Gasteiger partial charge in [-0.3, -0.25) is 9.59 Å². The SMILES string of the molecule is CC(C)(C)OC(=O)NC(C(=O)OCC(=O)c1ccc(-c2ccc(C(=O)COC(=O)C(NC(=O)OC(C)(C)C)C(C)(C)F)cc2)cc1)C(C)(C)F. The molecule has 2 aromatic rings. The minimum Gasteiger partial charge on any atom is -0.456 e. The first kappa shape index (κ1) is 41.3. The van der Waals surface area contributed by atoms with E-state index in [1.54, 1.807) is 65.8 Å². The minimum absolute atomic E-state index is 0.197. The molecule has 0 radical (unpaired) electrons. The van der Waals surface area contributed by atoms with Crippen molar-refractivity contribution in [3.63, 3.8) is 0 Å². The summed E-state index contributed by atoms with van der Waals surface area (Å²) in [5, 5.41) is 4.30. The fraction of sp³-hybridized carbons (Fsp3) is 0.500. The van der Waals surface area contributed by atoms with E-state index in [4.69, 9.17) is 18.9 Å². The van der Waals surface area contributed by atoms with Gasteiger partial charge < -0.3 is 29.6 Å². The Bertz CT molecular complexity index is 1430. The van der Waals surface area contributed by atoms with Crippen molar-refractivity contribution in [2.24, 2.45) is 0 Å². The largest absolute Gasteiger partial charge is 0.456 e. The molecule has 2 aromatic carbocycles. The number of amides is 2. The Kier molecular flexibility index (Phi) is 13.4. The Morgan fingerprint density at radius 3 is 1.06 bits per heavy atom. The van der Waals surface area contributed by atoms with E-state index in [9.17, 15) is 37.5 Å². The van der Waals surface area contributed by atoms with Crippen molar-refractivity contribution < 1.29 is 56.5 Å². The van der Waals surface area contributed by atoms with Gasteiger partial charge in [-0.1, -0.05) is 48.5 Å². The summed E-state index contributed by atoms with van der Waals surface area (Å²) in [6.45, 7) is 12.5. The molecule has 2 amide bonds. The predicted molar refractivity (Wildman–Crippen MR) is 179 cm³/mol. The first-order chi connectivity index (χ1) is 22.8. The van der Waals surface area contributed by atoms with Crippen LogP contribution in [0, 0.1) is 0 Å². The summed E-state index contributed by atoms with van der Waals surface area (Å²) in [7, 11) is 0. The molecule has 2 rings (SSSR count). The molecule has 50 heavy (non-hydrogen) atoms. The standard InChI is InChI=1S/C36H46F2N2O10/c1-33(2,3)49-31(45)39-27(35(7,8)37)29(43)47-19-25(41)23-15-11-21(12-16-23)22-13-17-24(18-14-22)26(42)20-48-30(44)28(36(9,10)38)40-32(46)50-34(4,5)6/h11-18,27-28H,19-20H2,1-10H3,(H,39,45)(H,40,46). The summed E-state index contributed by atoms with van der Waals surface area (Å²) >= 11 is 0. The molecule has 2 unspecified atom stereocenters. The molecule has 0 bridgehead atoms. The summed E-state index contributed by atoms with van der Waals surface area (Å²) in [4.78, 5) is 74.8. The molecule has 0 spiro atoms. The quantitative estimate of drug-likeness (QED) is 0.142. The van der Waals surface area contributed by atoms with Crippen molar-refractivity contribution in [2.45, 2.75) is 104 Å². The predicted octanol–water partition coefficient (Wildman–Crippen LogP) is 6.09. The molecule has 0 heterocycles. The summed E-state index contributed by atoms with van der Waals surface area (Å²) in [6.07, 6.45) is -2.04. The number of halogens is 2. The van der Waals surface area contributed by atoms with Gasteiger partial charge in [0.05, 0.1) is 0 Å². The summed E-state index contributed by atoms with van der Waals surface area (Å²) in [5.41, 5.74) is -4.48. The van der Waals surface area contributed by atoms with Crippen LogP contribution in [0.5, 0.6) is 0 Å². The van der Waals surface area contributed by atoms with E-state index in [0.717, 1.165) is 27.7 Å². The van der Waals surface area contributed by atoms with E-state index < -0.39 is 83.5 Å². The van der Waals surface area contributed by atoms with Gasteiger partial charge in [0.1, 0.15) is 22.5 Å². The number of hydrogen-bond acceptors (Lipinski definition) is 10. The number of carbonyl (C=O) groups is 6. The molecule has 0 aliphatic heterocycles. The number of ketones is 2. The maximum atomic E-state index is 14.7. The molecular weight excluding hydrogens is 658 g/mol. The zero-order chi connectivity index (χ0) is 38.2. The highest BCUT2D eigenvalue weighted by atomic mass is 19.1. The van der Waals surface area contributed by atoms with E-state index in [2.05, 4.69) is 10.6 Å². The van der Waals surface area contributed by atoms with Crippen LogP contribution < -0.4 is 10.6 Å². The van der Waals surface area contributed by atoms with Crippen LogP contribution >= 0.6 is 0 Å².